The highest BCUT2D eigenvalue weighted by Crippen LogP contribution is 2.33. The average Bonchev–Trinajstić information content (AvgIpc) is 2.57. The number of carbonyl (C=O) groups is 1. The maximum absolute atomic E-state index is 12.6. The maximum atomic E-state index is 12.6. The molecule has 0 aliphatic rings. The molecule has 0 N–H and O–H groups in total. The van der Waals surface area contributed by atoms with Crippen LogP contribution in [0.3, 0.4) is 0 Å². The van der Waals surface area contributed by atoms with Gasteiger partial charge in [-0.1, -0.05) is 13.3 Å². The molecule has 5 nitrogen and oxygen atoms in total. The molecule has 0 bridgehead atoms. The summed E-state index contributed by atoms with van der Waals surface area (Å²) in [5.74, 6) is 0.292. The summed E-state index contributed by atoms with van der Waals surface area (Å²) >= 11 is 0. The molecule has 0 spiro atoms. The molecule has 1 aromatic carbocycles. The Morgan fingerprint density at radius 3 is 2.64 bits per heavy atom. The van der Waals surface area contributed by atoms with Crippen molar-refractivity contribution in [2.45, 2.75) is 33.1 Å². The van der Waals surface area contributed by atoms with Crippen LogP contribution in [0.1, 0.15) is 41.3 Å². The van der Waals surface area contributed by atoms with Crippen molar-refractivity contribution in [3.63, 3.8) is 0 Å². The lowest BCUT2D eigenvalue weighted by atomic mass is 9.97. The molecular weight excluding hydrogens is 318 g/mol. The van der Waals surface area contributed by atoms with Gasteiger partial charge < -0.3 is 14.1 Å². The highest BCUT2D eigenvalue weighted by molar-refractivity contribution is 6.09. The summed E-state index contributed by atoms with van der Waals surface area (Å²) in [6, 6.07) is 3.30. The molecule has 1 aromatic heterocycles. The van der Waals surface area contributed by atoms with Crippen LogP contribution < -0.4 is 10.4 Å². The Hall–Kier alpha value is -2.56. The number of rotatable bonds is 7. The first-order chi connectivity index (χ1) is 11.9. The summed E-state index contributed by atoms with van der Waals surface area (Å²) in [6.45, 7) is 3.91. The van der Waals surface area contributed by atoms with Gasteiger partial charge in [0.05, 0.1) is 12.7 Å². The lowest BCUT2D eigenvalue weighted by Crippen LogP contribution is -2.07. The molecule has 0 amide bonds. The molecule has 0 aliphatic carbocycles. The van der Waals surface area contributed by atoms with E-state index in [0.29, 0.717) is 22.5 Å². The van der Waals surface area contributed by atoms with E-state index in [9.17, 15) is 9.59 Å². The van der Waals surface area contributed by atoms with Crippen LogP contribution in [0.15, 0.2) is 33.6 Å². The highest BCUT2D eigenvalue weighted by atomic mass is 16.5. The Bertz CT molecular complexity index is 862. The predicted molar refractivity (Wildman–Crippen MR) is 99.5 cm³/mol. The van der Waals surface area contributed by atoms with Crippen LogP contribution in [-0.4, -0.2) is 31.9 Å². The third-order valence-corrected chi connectivity index (χ3v) is 4.09. The summed E-state index contributed by atoms with van der Waals surface area (Å²) in [5, 5.41) is 0.799. The Morgan fingerprint density at radius 1 is 1.32 bits per heavy atom. The van der Waals surface area contributed by atoms with Gasteiger partial charge in [0.25, 0.3) is 0 Å². The van der Waals surface area contributed by atoms with Crippen molar-refractivity contribution >= 4 is 16.8 Å². The Balaban J connectivity index is 2.72. The van der Waals surface area contributed by atoms with Gasteiger partial charge in [-0.2, -0.15) is 0 Å². The van der Waals surface area contributed by atoms with Gasteiger partial charge in [0, 0.05) is 43.4 Å². The number of ketones is 1. The number of ether oxygens (including phenoxy) is 1. The molecule has 0 fully saturated rings. The number of nitrogens with zero attached hydrogens (tertiary/aromatic N) is 1. The Labute approximate surface area is 147 Å². The molecule has 2 aromatic rings. The second-order valence-electron chi connectivity index (χ2n) is 6.30. The quantitative estimate of drug-likeness (QED) is 0.436. The van der Waals surface area contributed by atoms with Crippen LogP contribution in [0.5, 0.6) is 5.75 Å². The number of methoxy groups -OCH3 is 1. The smallest absolute Gasteiger partial charge is 0.336 e. The van der Waals surface area contributed by atoms with E-state index >= 15 is 0 Å². The van der Waals surface area contributed by atoms with Crippen LogP contribution in [0, 0.1) is 6.92 Å². The fourth-order valence-electron chi connectivity index (χ4n) is 2.83. The van der Waals surface area contributed by atoms with E-state index < -0.39 is 0 Å². The largest absolute Gasteiger partial charge is 0.496 e. The van der Waals surface area contributed by atoms with Gasteiger partial charge in [-0.3, -0.25) is 4.79 Å². The number of unbranched alkanes of at least 4 members (excludes halogenated alkanes) is 1. The van der Waals surface area contributed by atoms with Crippen molar-refractivity contribution in [3.05, 3.63) is 51.5 Å². The minimum atomic E-state index is -0.379. The zero-order valence-electron chi connectivity index (χ0n) is 15.5. The molecule has 0 atom stereocenters. The van der Waals surface area contributed by atoms with E-state index in [1.54, 1.807) is 24.1 Å². The van der Waals surface area contributed by atoms with Crippen LogP contribution >= 0.6 is 0 Å². The molecule has 1 heterocycles. The number of carbonyl (C=O) groups excluding carboxylic acids is 1. The van der Waals surface area contributed by atoms with E-state index in [1.807, 2.05) is 14.1 Å². The standard InChI is InChI=1S/C20H25NO4/c1-6-7-8-14-11-18(23)25-20-13(2)19(24-5)16(12-15(14)20)17(22)9-10-21(3)4/h9-12H,6-8H2,1-5H3/b10-9+. The maximum Gasteiger partial charge on any atom is 0.336 e. The van der Waals surface area contributed by atoms with Crippen LogP contribution in [0.4, 0.5) is 0 Å². The van der Waals surface area contributed by atoms with Gasteiger partial charge in [0.2, 0.25) is 0 Å². The van der Waals surface area contributed by atoms with Crippen molar-refractivity contribution in [1.29, 1.82) is 0 Å². The minimum absolute atomic E-state index is 0.150. The van der Waals surface area contributed by atoms with E-state index in [-0.39, 0.29) is 11.4 Å². The van der Waals surface area contributed by atoms with Gasteiger partial charge >= 0.3 is 5.63 Å². The summed E-state index contributed by atoms with van der Waals surface area (Å²) < 4.78 is 10.9. The number of benzene rings is 1. The van der Waals surface area contributed by atoms with Gasteiger partial charge in [0.1, 0.15) is 11.3 Å². The number of hydrogen-bond acceptors (Lipinski definition) is 5. The fraction of sp³-hybridized carbons (Fsp3) is 0.400. The van der Waals surface area contributed by atoms with Crippen LogP contribution in [0.2, 0.25) is 0 Å². The molecule has 134 valence electrons. The third kappa shape index (κ3) is 4.10. The second kappa shape index (κ2) is 8.01. The first kappa shape index (κ1) is 18.8. The molecule has 0 aliphatic heterocycles. The number of aryl methyl sites for hydroxylation is 2. The van der Waals surface area contributed by atoms with Crippen molar-refractivity contribution in [3.8, 4) is 5.75 Å². The highest BCUT2D eigenvalue weighted by Gasteiger charge is 2.19. The third-order valence-electron chi connectivity index (χ3n) is 4.09. The molecule has 0 saturated carbocycles. The van der Waals surface area contributed by atoms with Crippen molar-refractivity contribution in [2.75, 3.05) is 21.2 Å². The van der Waals surface area contributed by atoms with Gasteiger partial charge in [-0.15, -0.1) is 0 Å². The molecule has 25 heavy (non-hydrogen) atoms. The topological polar surface area (TPSA) is 59.8 Å². The van der Waals surface area contributed by atoms with E-state index in [2.05, 4.69) is 6.92 Å². The lowest BCUT2D eigenvalue weighted by molar-refractivity contribution is 0.104. The number of allylic oxidation sites excluding steroid dienone is 1. The molecule has 0 saturated heterocycles. The van der Waals surface area contributed by atoms with Crippen molar-refractivity contribution in [1.82, 2.24) is 4.90 Å². The van der Waals surface area contributed by atoms with Gasteiger partial charge in [0.15, 0.2) is 5.78 Å². The summed E-state index contributed by atoms with van der Waals surface area (Å²) in [7, 11) is 5.22. The summed E-state index contributed by atoms with van der Waals surface area (Å²) in [4.78, 5) is 26.4. The molecular formula is C20H25NO4. The molecule has 0 radical (unpaired) electrons. The molecule has 2 rings (SSSR count). The minimum Gasteiger partial charge on any atom is -0.496 e. The summed E-state index contributed by atoms with van der Waals surface area (Å²) in [6.07, 6.45) is 5.96. The van der Waals surface area contributed by atoms with Crippen LogP contribution in [0.25, 0.3) is 11.0 Å². The van der Waals surface area contributed by atoms with Gasteiger partial charge in [-0.25, -0.2) is 4.79 Å². The van der Waals surface area contributed by atoms with E-state index in [4.69, 9.17) is 9.15 Å². The zero-order valence-corrected chi connectivity index (χ0v) is 15.5. The number of hydrogen-bond donors (Lipinski definition) is 0. The monoisotopic (exact) mass is 343 g/mol. The average molecular weight is 343 g/mol. The normalized spacial score (nSPS) is 11.2. The fourth-order valence-corrected chi connectivity index (χ4v) is 2.83. The zero-order chi connectivity index (χ0) is 18.6. The van der Waals surface area contributed by atoms with Crippen molar-refractivity contribution < 1.29 is 13.9 Å². The molecule has 0 unspecified atom stereocenters. The van der Waals surface area contributed by atoms with E-state index in [0.717, 1.165) is 30.2 Å². The summed E-state index contributed by atoms with van der Waals surface area (Å²) in [5.41, 5.74) is 2.15. The second-order valence-corrected chi connectivity index (χ2v) is 6.30. The number of fused-ring (bicyclic) bond motifs is 1. The van der Waals surface area contributed by atoms with E-state index in [1.165, 1.54) is 19.3 Å². The lowest BCUT2D eigenvalue weighted by Gasteiger charge is -2.14. The first-order valence-corrected chi connectivity index (χ1v) is 8.42. The van der Waals surface area contributed by atoms with Crippen molar-refractivity contribution in [2.24, 2.45) is 0 Å². The SMILES string of the molecule is CCCCc1cc(=O)oc2c(C)c(OC)c(C(=O)/C=C/N(C)C)cc12. The predicted octanol–water partition coefficient (Wildman–Crippen LogP) is 3.71. The Kier molecular flexibility index (Phi) is 6.02. The molecule has 5 heteroatoms. The van der Waals surface area contributed by atoms with Crippen LogP contribution in [-0.2, 0) is 6.42 Å². The van der Waals surface area contributed by atoms with Gasteiger partial charge in [-0.05, 0) is 31.4 Å². The first-order valence-electron chi connectivity index (χ1n) is 8.42. The Morgan fingerprint density at radius 2 is 2.04 bits per heavy atom.